The molecule has 0 radical (unpaired) electrons. The molecule has 2 fully saturated rings. The van der Waals surface area contributed by atoms with Crippen LogP contribution in [0, 0.1) is 0 Å². The van der Waals surface area contributed by atoms with E-state index in [9.17, 15) is 0 Å². The van der Waals surface area contributed by atoms with Crippen LogP contribution in [0.25, 0.3) is 10.4 Å². The second-order valence-electron chi connectivity index (χ2n) is 4.01. The molecular formula is C9H16N4. The summed E-state index contributed by atoms with van der Waals surface area (Å²) in [6.45, 7) is 2.42. The van der Waals surface area contributed by atoms with Gasteiger partial charge in [0.25, 0.3) is 0 Å². The SMILES string of the molecule is [N-]=[N+]=N[C@@H]1CCCN2CCCC[C@H]12. The first-order valence-electron chi connectivity index (χ1n) is 5.20. The molecule has 0 aromatic heterocycles. The molecule has 2 heterocycles. The average Bonchev–Trinajstić information content (AvgIpc) is 2.19. The predicted molar refractivity (Wildman–Crippen MR) is 51.4 cm³/mol. The normalized spacial score (nSPS) is 34.8. The molecule has 0 saturated carbocycles. The zero-order chi connectivity index (χ0) is 9.10. The van der Waals surface area contributed by atoms with E-state index in [0.717, 1.165) is 6.42 Å². The summed E-state index contributed by atoms with van der Waals surface area (Å²) >= 11 is 0. The molecule has 2 aliphatic heterocycles. The molecule has 13 heavy (non-hydrogen) atoms. The Morgan fingerprint density at radius 2 is 2.00 bits per heavy atom. The molecule has 0 unspecified atom stereocenters. The largest absolute Gasteiger partial charge is 0.300 e. The summed E-state index contributed by atoms with van der Waals surface area (Å²) < 4.78 is 0. The van der Waals surface area contributed by atoms with E-state index >= 15 is 0 Å². The second-order valence-corrected chi connectivity index (χ2v) is 4.01. The van der Waals surface area contributed by atoms with Crippen molar-refractivity contribution in [1.29, 1.82) is 0 Å². The minimum atomic E-state index is 0.249. The molecule has 0 N–H and O–H groups in total. The maximum absolute atomic E-state index is 8.45. The highest BCUT2D eigenvalue weighted by Gasteiger charge is 2.31. The van der Waals surface area contributed by atoms with Crippen molar-refractivity contribution in [3.05, 3.63) is 10.4 Å². The molecule has 2 rings (SSSR count). The van der Waals surface area contributed by atoms with E-state index in [0.29, 0.717) is 6.04 Å². The maximum Gasteiger partial charge on any atom is 0.0530 e. The first-order chi connectivity index (χ1) is 6.42. The van der Waals surface area contributed by atoms with E-state index < -0.39 is 0 Å². The molecule has 4 heteroatoms. The number of azide groups is 1. The van der Waals surface area contributed by atoms with E-state index in [2.05, 4.69) is 14.9 Å². The molecule has 0 aromatic rings. The third kappa shape index (κ3) is 1.79. The van der Waals surface area contributed by atoms with Crippen LogP contribution in [0.4, 0.5) is 0 Å². The van der Waals surface area contributed by atoms with Gasteiger partial charge in [-0.2, -0.15) is 0 Å². The van der Waals surface area contributed by atoms with Crippen LogP contribution in [-0.4, -0.2) is 30.1 Å². The van der Waals surface area contributed by atoms with Crippen LogP contribution in [-0.2, 0) is 0 Å². The second kappa shape index (κ2) is 3.99. The first kappa shape index (κ1) is 8.85. The molecule has 2 saturated heterocycles. The first-order valence-corrected chi connectivity index (χ1v) is 5.20. The predicted octanol–water partition coefficient (Wildman–Crippen LogP) is 2.31. The fourth-order valence-electron chi connectivity index (χ4n) is 2.63. The highest BCUT2D eigenvalue weighted by Crippen LogP contribution is 2.28. The van der Waals surface area contributed by atoms with Crippen LogP contribution in [0.2, 0.25) is 0 Å². The standard InChI is InChI=1S/C9H16N4/c10-12-11-8-4-3-7-13-6-2-1-5-9(8)13/h8-9H,1-7H2/t8-,9-/m1/s1. The summed E-state index contributed by atoms with van der Waals surface area (Å²) in [5.41, 5.74) is 8.45. The highest BCUT2D eigenvalue weighted by atomic mass is 15.2. The third-order valence-electron chi connectivity index (χ3n) is 3.25. The van der Waals surface area contributed by atoms with Crippen LogP contribution < -0.4 is 0 Å². The van der Waals surface area contributed by atoms with Crippen molar-refractivity contribution in [2.75, 3.05) is 13.1 Å². The van der Waals surface area contributed by atoms with Crippen molar-refractivity contribution in [2.45, 2.75) is 44.2 Å². The Kier molecular flexibility index (Phi) is 2.71. The topological polar surface area (TPSA) is 52.0 Å². The van der Waals surface area contributed by atoms with Crippen LogP contribution in [0.1, 0.15) is 32.1 Å². The number of nitrogens with zero attached hydrogens (tertiary/aromatic N) is 4. The Labute approximate surface area is 78.5 Å². The Bertz CT molecular complexity index is 220. The van der Waals surface area contributed by atoms with E-state index in [1.54, 1.807) is 0 Å². The number of hydrogen-bond donors (Lipinski definition) is 0. The van der Waals surface area contributed by atoms with Gasteiger partial charge in [-0.1, -0.05) is 11.5 Å². The van der Waals surface area contributed by atoms with Gasteiger partial charge in [0.05, 0.1) is 6.04 Å². The fraction of sp³-hybridized carbons (Fsp3) is 1.00. The van der Waals surface area contributed by atoms with Crippen LogP contribution in [0.15, 0.2) is 5.11 Å². The molecule has 72 valence electrons. The van der Waals surface area contributed by atoms with Gasteiger partial charge < -0.3 is 0 Å². The van der Waals surface area contributed by atoms with Crippen LogP contribution >= 0.6 is 0 Å². The lowest BCUT2D eigenvalue weighted by molar-refractivity contribution is 0.0915. The summed E-state index contributed by atoms with van der Waals surface area (Å²) in [5.74, 6) is 0. The number of hydrogen-bond acceptors (Lipinski definition) is 2. The van der Waals surface area contributed by atoms with Gasteiger partial charge in [-0.25, -0.2) is 0 Å². The molecule has 0 bridgehead atoms. The van der Waals surface area contributed by atoms with E-state index in [4.69, 9.17) is 5.53 Å². The van der Waals surface area contributed by atoms with Crippen molar-refractivity contribution in [3.8, 4) is 0 Å². The van der Waals surface area contributed by atoms with Gasteiger partial charge >= 0.3 is 0 Å². The molecule has 0 aromatic carbocycles. The monoisotopic (exact) mass is 180 g/mol. The molecular weight excluding hydrogens is 164 g/mol. The lowest BCUT2D eigenvalue weighted by Gasteiger charge is -2.42. The number of fused-ring (bicyclic) bond motifs is 1. The maximum atomic E-state index is 8.45. The summed E-state index contributed by atoms with van der Waals surface area (Å²) in [7, 11) is 0. The van der Waals surface area contributed by atoms with Gasteiger partial charge in [-0.05, 0) is 44.3 Å². The molecule has 0 amide bonds. The van der Waals surface area contributed by atoms with Gasteiger partial charge in [0.2, 0.25) is 0 Å². The lowest BCUT2D eigenvalue weighted by atomic mass is 9.89. The van der Waals surface area contributed by atoms with Crippen LogP contribution in [0.3, 0.4) is 0 Å². The van der Waals surface area contributed by atoms with E-state index in [1.807, 2.05) is 0 Å². The Morgan fingerprint density at radius 3 is 2.85 bits per heavy atom. The van der Waals surface area contributed by atoms with Crippen molar-refractivity contribution in [1.82, 2.24) is 4.90 Å². The fourth-order valence-corrected chi connectivity index (χ4v) is 2.63. The lowest BCUT2D eigenvalue weighted by Crippen LogP contribution is -2.49. The molecule has 2 aliphatic rings. The smallest absolute Gasteiger partial charge is 0.0530 e. The zero-order valence-electron chi connectivity index (χ0n) is 7.89. The van der Waals surface area contributed by atoms with Gasteiger partial charge in [-0.3, -0.25) is 4.90 Å². The average molecular weight is 180 g/mol. The molecule has 0 aliphatic carbocycles. The van der Waals surface area contributed by atoms with Gasteiger partial charge in [-0.15, -0.1) is 0 Å². The zero-order valence-corrected chi connectivity index (χ0v) is 7.89. The van der Waals surface area contributed by atoms with E-state index in [1.165, 1.54) is 38.8 Å². The van der Waals surface area contributed by atoms with Crippen LogP contribution in [0.5, 0.6) is 0 Å². The number of piperidine rings is 2. The van der Waals surface area contributed by atoms with E-state index in [-0.39, 0.29) is 6.04 Å². The molecule has 4 nitrogen and oxygen atoms in total. The Morgan fingerprint density at radius 1 is 1.15 bits per heavy atom. The summed E-state index contributed by atoms with van der Waals surface area (Å²) in [6, 6.07) is 0.803. The van der Waals surface area contributed by atoms with Gasteiger partial charge in [0, 0.05) is 11.0 Å². The van der Waals surface area contributed by atoms with Crippen molar-refractivity contribution in [2.24, 2.45) is 5.11 Å². The summed E-state index contributed by atoms with van der Waals surface area (Å²) in [4.78, 5) is 5.46. The number of rotatable bonds is 1. The highest BCUT2D eigenvalue weighted by molar-refractivity contribution is 4.91. The van der Waals surface area contributed by atoms with Gasteiger partial charge in [0.1, 0.15) is 0 Å². The quantitative estimate of drug-likeness (QED) is 0.347. The van der Waals surface area contributed by atoms with Crippen molar-refractivity contribution >= 4 is 0 Å². The third-order valence-corrected chi connectivity index (χ3v) is 3.25. The minimum absolute atomic E-state index is 0.249. The summed E-state index contributed by atoms with van der Waals surface area (Å²) in [6.07, 6.45) is 6.13. The Balaban J connectivity index is 2.06. The van der Waals surface area contributed by atoms with Gasteiger partial charge in [0.15, 0.2) is 0 Å². The minimum Gasteiger partial charge on any atom is -0.300 e. The molecule has 0 spiro atoms. The molecule has 2 atom stereocenters. The summed E-state index contributed by atoms with van der Waals surface area (Å²) in [5, 5.41) is 3.91. The van der Waals surface area contributed by atoms with Crippen molar-refractivity contribution < 1.29 is 0 Å². The van der Waals surface area contributed by atoms with Crippen molar-refractivity contribution in [3.63, 3.8) is 0 Å². The Hall–Kier alpha value is -0.730.